The fourth-order valence-corrected chi connectivity index (χ4v) is 3.76. The molecule has 0 atom stereocenters. The lowest BCUT2D eigenvalue weighted by molar-refractivity contribution is -0.112. The smallest absolute Gasteiger partial charge is 0.338 e. The van der Waals surface area contributed by atoms with Crippen molar-refractivity contribution in [3.8, 4) is 11.8 Å². The molecule has 1 aromatic heterocycles. The van der Waals surface area contributed by atoms with Crippen molar-refractivity contribution in [3.63, 3.8) is 0 Å². The number of nitrogens with one attached hydrogen (secondary N) is 1. The molecule has 8 heteroatoms. The molecule has 0 aliphatic rings. The Kier molecular flexibility index (Phi) is 7.59. The highest BCUT2D eigenvalue weighted by Crippen LogP contribution is 2.30. The summed E-state index contributed by atoms with van der Waals surface area (Å²) in [6, 6.07) is 15.7. The average molecular weight is 482 g/mol. The molecular formula is C25H21Cl2N3O3. The van der Waals surface area contributed by atoms with Gasteiger partial charge in [-0.2, -0.15) is 5.26 Å². The number of hydrogen-bond acceptors (Lipinski definition) is 4. The van der Waals surface area contributed by atoms with Crippen molar-refractivity contribution in [1.82, 2.24) is 4.57 Å². The van der Waals surface area contributed by atoms with Gasteiger partial charge >= 0.3 is 5.97 Å². The summed E-state index contributed by atoms with van der Waals surface area (Å²) in [5.74, 6) is -0.999. The van der Waals surface area contributed by atoms with E-state index in [1.54, 1.807) is 43.3 Å². The molecule has 0 saturated heterocycles. The second kappa shape index (κ2) is 10.4. The maximum absolute atomic E-state index is 12.7. The van der Waals surface area contributed by atoms with Crippen molar-refractivity contribution in [2.75, 3.05) is 11.9 Å². The Balaban J connectivity index is 1.95. The summed E-state index contributed by atoms with van der Waals surface area (Å²) in [6.07, 6.45) is 1.52. The Morgan fingerprint density at radius 3 is 2.58 bits per heavy atom. The second-order valence-corrected chi connectivity index (χ2v) is 7.94. The van der Waals surface area contributed by atoms with Crippen molar-refractivity contribution in [2.24, 2.45) is 0 Å². The van der Waals surface area contributed by atoms with Crippen molar-refractivity contribution < 1.29 is 14.3 Å². The number of rotatable bonds is 6. The Morgan fingerprint density at radius 1 is 1.15 bits per heavy atom. The Hall–Kier alpha value is -3.53. The number of carbonyl (C=O) groups is 2. The molecular weight excluding hydrogens is 461 g/mol. The molecule has 3 aromatic rings. The Bertz CT molecular complexity index is 1300. The van der Waals surface area contributed by atoms with Gasteiger partial charge in [0.1, 0.15) is 11.6 Å². The van der Waals surface area contributed by atoms with E-state index in [1.165, 1.54) is 6.08 Å². The summed E-state index contributed by atoms with van der Waals surface area (Å²) in [5.41, 5.74) is 3.80. The molecule has 1 amide bonds. The van der Waals surface area contributed by atoms with Crippen molar-refractivity contribution in [3.05, 3.63) is 86.7 Å². The van der Waals surface area contributed by atoms with E-state index in [0.717, 1.165) is 17.1 Å². The summed E-state index contributed by atoms with van der Waals surface area (Å²) in [4.78, 5) is 24.8. The number of aryl methyl sites for hydroxylation is 1. The first-order chi connectivity index (χ1) is 15.8. The molecule has 1 heterocycles. The minimum atomic E-state index is -0.601. The van der Waals surface area contributed by atoms with Gasteiger partial charge in [-0.15, -0.1) is 0 Å². The number of nitriles is 1. The predicted octanol–water partition coefficient (Wildman–Crippen LogP) is 6.12. The normalized spacial score (nSPS) is 11.1. The molecule has 168 valence electrons. The minimum Gasteiger partial charge on any atom is -0.462 e. The van der Waals surface area contributed by atoms with Gasteiger partial charge in [0, 0.05) is 17.1 Å². The van der Waals surface area contributed by atoms with Crippen LogP contribution in [0.1, 0.15) is 34.2 Å². The van der Waals surface area contributed by atoms with Crippen molar-refractivity contribution in [1.29, 1.82) is 5.26 Å². The van der Waals surface area contributed by atoms with E-state index in [1.807, 2.05) is 36.6 Å². The number of halogens is 2. The number of esters is 1. The SMILES string of the molecule is CCOC(=O)c1cccc(-n2c(C)cc(/C=C(/C#N)C(=O)Nc3cccc(Cl)c3Cl)c2C)c1. The Labute approximate surface area is 202 Å². The highest BCUT2D eigenvalue weighted by molar-refractivity contribution is 6.44. The van der Waals surface area contributed by atoms with Crippen molar-refractivity contribution in [2.45, 2.75) is 20.8 Å². The summed E-state index contributed by atoms with van der Waals surface area (Å²) >= 11 is 12.1. The lowest BCUT2D eigenvalue weighted by Gasteiger charge is -2.11. The number of amides is 1. The van der Waals surface area contributed by atoms with Crippen molar-refractivity contribution >= 4 is 46.8 Å². The summed E-state index contributed by atoms with van der Waals surface area (Å²) in [7, 11) is 0. The monoisotopic (exact) mass is 481 g/mol. The topological polar surface area (TPSA) is 84.1 Å². The van der Waals surface area contributed by atoms with Gasteiger partial charge in [0.05, 0.1) is 27.9 Å². The second-order valence-electron chi connectivity index (χ2n) is 7.16. The number of benzene rings is 2. The highest BCUT2D eigenvalue weighted by atomic mass is 35.5. The number of anilines is 1. The number of aromatic nitrogens is 1. The maximum atomic E-state index is 12.7. The molecule has 0 saturated carbocycles. The molecule has 33 heavy (non-hydrogen) atoms. The molecule has 0 aliphatic heterocycles. The van der Waals surface area contributed by atoms with E-state index in [-0.39, 0.29) is 10.6 Å². The van der Waals surface area contributed by atoms with E-state index < -0.39 is 11.9 Å². The molecule has 1 N–H and O–H groups in total. The average Bonchev–Trinajstić information content (AvgIpc) is 3.08. The molecule has 6 nitrogen and oxygen atoms in total. The minimum absolute atomic E-state index is 0.0911. The maximum Gasteiger partial charge on any atom is 0.338 e. The van der Waals surface area contributed by atoms with Gasteiger partial charge in [-0.25, -0.2) is 4.79 Å². The standard InChI is InChI=1S/C25H21Cl2N3O3/c1-4-33-25(32)17-7-5-8-20(13-17)30-15(2)11-18(16(30)3)12-19(14-28)24(31)29-22-10-6-9-21(26)23(22)27/h5-13H,4H2,1-3H3,(H,29,31)/b19-12-. The van der Waals surface area contributed by atoms with Crippen LogP contribution in [-0.4, -0.2) is 23.1 Å². The lowest BCUT2D eigenvalue weighted by atomic mass is 10.1. The number of nitrogens with zero attached hydrogens (tertiary/aromatic N) is 2. The largest absolute Gasteiger partial charge is 0.462 e. The van der Waals surface area contributed by atoms with E-state index in [4.69, 9.17) is 27.9 Å². The summed E-state index contributed by atoms with van der Waals surface area (Å²) < 4.78 is 7.03. The predicted molar refractivity (Wildman–Crippen MR) is 130 cm³/mol. The van der Waals surface area contributed by atoms with E-state index in [2.05, 4.69) is 5.32 Å². The van der Waals surface area contributed by atoms with Crippen LogP contribution in [0.2, 0.25) is 10.0 Å². The van der Waals surface area contributed by atoms with Crippen LogP contribution in [0.5, 0.6) is 0 Å². The van der Waals surface area contributed by atoms with Crippen LogP contribution in [0.25, 0.3) is 11.8 Å². The molecule has 0 radical (unpaired) electrons. The zero-order valence-corrected chi connectivity index (χ0v) is 19.8. The third-order valence-electron chi connectivity index (χ3n) is 4.95. The third-order valence-corrected chi connectivity index (χ3v) is 5.77. The molecule has 0 bridgehead atoms. The first-order valence-electron chi connectivity index (χ1n) is 10.1. The molecule has 2 aromatic carbocycles. The van der Waals surface area contributed by atoms with Gasteiger partial charge < -0.3 is 14.6 Å². The van der Waals surface area contributed by atoms with Gasteiger partial charge in [-0.05, 0) is 68.8 Å². The van der Waals surface area contributed by atoms with Crippen LogP contribution in [0.4, 0.5) is 5.69 Å². The van der Waals surface area contributed by atoms with Crippen LogP contribution in [0.15, 0.2) is 54.1 Å². The summed E-state index contributed by atoms with van der Waals surface area (Å²) in [5, 5.41) is 12.7. The zero-order valence-electron chi connectivity index (χ0n) is 18.3. The summed E-state index contributed by atoms with van der Waals surface area (Å²) in [6.45, 7) is 5.82. The first-order valence-corrected chi connectivity index (χ1v) is 10.9. The molecule has 0 spiro atoms. The molecule has 0 unspecified atom stereocenters. The molecule has 3 rings (SSSR count). The zero-order chi connectivity index (χ0) is 24.1. The number of hydrogen-bond donors (Lipinski definition) is 1. The van der Waals surface area contributed by atoms with Gasteiger partial charge in [0.25, 0.3) is 5.91 Å². The Morgan fingerprint density at radius 2 is 1.88 bits per heavy atom. The van der Waals surface area contributed by atoms with Crippen LogP contribution < -0.4 is 5.32 Å². The highest BCUT2D eigenvalue weighted by Gasteiger charge is 2.16. The van der Waals surface area contributed by atoms with E-state index >= 15 is 0 Å². The van der Waals surface area contributed by atoms with Crippen LogP contribution in [0, 0.1) is 25.2 Å². The first kappa shape index (κ1) is 24.1. The van der Waals surface area contributed by atoms with Gasteiger partial charge in [-0.3, -0.25) is 4.79 Å². The van der Waals surface area contributed by atoms with Crippen LogP contribution in [-0.2, 0) is 9.53 Å². The third kappa shape index (κ3) is 5.28. The lowest BCUT2D eigenvalue weighted by Crippen LogP contribution is -2.13. The van der Waals surface area contributed by atoms with Gasteiger partial charge in [0.2, 0.25) is 0 Å². The number of carbonyl (C=O) groups excluding carboxylic acids is 2. The van der Waals surface area contributed by atoms with E-state index in [0.29, 0.717) is 28.4 Å². The number of ether oxygens (including phenoxy) is 1. The fraction of sp³-hybridized carbons (Fsp3) is 0.160. The quantitative estimate of drug-likeness (QED) is 0.261. The van der Waals surface area contributed by atoms with Crippen LogP contribution >= 0.6 is 23.2 Å². The van der Waals surface area contributed by atoms with Crippen LogP contribution in [0.3, 0.4) is 0 Å². The fourth-order valence-electron chi connectivity index (χ4n) is 3.41. The molecule has 0 fully saturated rings. The van der Waals surface area contributed by atoms with E-state index in [9.17, 15) is 14.9 Å². The van der Waals surface area contributed by atoms with Gasteiger partial charge in [-0.1, -0.05) is 35.3 Å². The van der Waals surface area contributed by atoms with Gasteiger partial charge in [0.15, 0.2) is 0 Å². The molecule has 0 aliphatic carbocycles.